The first kappa shape index (κ1) is 15.0. The molecule has 0 radical (unpaired) electrons. The summed E-state index contributed by atoms with van der Waals surface area (Å²) in [7, 11) is 2.15. The highest BCUT2D eigenvalue weighted by Gasteiger charge is 2.35. The number of benzene rings is 1. The summed E-state index contributed by atoms with van der Waals surface area (Å²) >= 11 is 0. The van der Waals surface area contributed by atoms with E-state index in [0.717, 1.165) is 42.9 Å². The molecule has 1 fully saturated rings. The summed E-state index contributed by atoms with van der Waals surface area (Å²) in [6.07, 6.45) is 8.04. The Morgan fingerprint density at radius 3 is 2.88 bits per heavy atom. The molecule has 5 heteroatoms. The predicted molar refractivity (Wildman–Crippen MR) is 94.3 cm³/mol. The molecule has 0 aliphatic carbocycles. The lowest BCUT2D eigenvalue weighted by Gasteiger charge is -2.40. The zero-order valence-corrected chi connectivity index (χ0v) is 13.7. The highest BCUT2D eigenvalue weighted by atomic mass is 16.5. The number of hydrogen-bond acceptors (Lipinski definition) is 3. The Bertz CT molecular complexity index is 772. The molecule has 124 valence electrons. The number of piperidine rings is 1. The molecule has 0 unspecified atom stereocenters. The van der Waals surface area contributed by atoms with E-state index in [0.29, 0.717) is 5.69 Å². The van der Waals surface area contributed by atoms with E-state index >= 15 is 0 Å². The van der Waals surface area contributed by atoms with Crippen LogP contribution in [0, 0.1) is 0 Å². The van der Waals surface area contributed by atoms with Gasteiger partial charge in [-0.25, -0.2) is 0 Å². The number of hydrogen-bond donors (Lipinski definition) is 2. The number of rotatable bonds is 2. The fraction of sp³-hybridized carbons (Fsp3) is 0.316. The number of carbonyl (C=O) groups is 1. The second-order valence-electron chi connectivity index (χ2n) is 6.59. The van der Waals surface area contributed by atoms with Crippen LogP contribution in [0.3, 0.4) is 0 Å². The molecule has 24 heavy (non-hydrogen) atoms. The Morgan fingerprint density at radius 1 is 1.29 bits per heavy atom. The van der Waals surface area contributed by atoms with Crippen LogP contribution in [0.5, 0.6) is 5.75 Å². The molecular formula is C19H21N3O2. The maximum atomic E-state index is 12.1. The number of amides is 1. The molecule has 1 aromatic carbocycles. The first-order valence-electron chi connectivity index (χ1n) is 8.29. The van der Waals surface area contributed by atoms with Crippen molar-refractivity contribution >= 4 is 17.7 Å². The van der Waals surface area contributed by atoms with Gasteiger partial charge in [-0.3, -0.25) is 4.79 Å². The summed E-state index contributed by atoms with van der Waals surface area (Å²) in [5, 5.41) is 2.90. The summed E-state index contributed by atoms with van der Waals surface area (Å²) in [6, 6.07) is 9.35. The molecule has 1 saturated heterocycles. The minimum absolute atomic E-state index is 0.146. The van der Waals surface area contributed by atoms with Crippen LogP contribution in [0.1, 0.15) is 28.9 Å². The van der Waals surface area contributed by atoms with Crippen molar-refractivity contribution in [1.29, 1.82) is 0 Å². The van der Waals surface area contributed by atoms with Crippen molar-refractivity contribution in [3.63, 3.8) is 0 Å². The van der Waals surface area contributed by atoms with Crippen molar-refractivity contribution in [1.82, 2.24) is 9.88 Å². The fourth-order valence-electron chi connectivity index (χ4n) is 3.28. The van der Waals surface area contributed by atoms with Gasteiger partial charge in [-0.15, -0.1) is 0 Å². The van der Waals surface area contributed by atoms with Gasteiger partial charge in [0.25, 0.3) is 5.91 Å². The number of anilines is 1. The van der Waals surface area contributed by atoms with E-state index in [9.17, 15) is 4.79 Å². The van der Waals surface area contributed by atoms with Crippen LogP contribution in [0.25, 0.3) is 6.08 Å². The van der Waals surface area contributed by atoms with Crippen molar-refractivity contribution < 1.29 is 9.53 Å². The van der Waals surface area contributed by atoms with Crippen LogP contribution in [0.2, 0.25) is 0 Å². The Hall–Kier alpha value is -2.53. The van der Waals surface area contributed by atoms with Gasteiger partial charge in [-0.2, -0.15) is 0 Å². The Morgan fingerprint density at radius 2 is 2.12 bits per heavy atom. The zero-order chi connectivity index (χ0) is 16.6. The summed E-state index contributed by atoms with van der Waals surface area (Å²) in [5.74, 6) is 0.743. The molecule has 1 spiro atoms. The van der Waals surface area contributed by atoms with Crippen LogP contribution in [-0.2, 0) is 0 Å². The van der Waals surface area contributed by atoms with Gasteiger partial charge in [-0.05, 0) is 43.5 Å². The summed E-state index contributed by atoms with van der Waals surface area (Å²) in [4.78, 5) is 17.4. The van der Waals surface area contributed by atoms with Gasteiger partial charge in [0.05, 0.1) is 0 Å². The van der Waals surface area contributed by atoms with Gasteiger partial charge in [0, 0.05) is 43.4 Å². The number of aromatic amines is 1. The average Bonchev–Trinajstić information content (AvgIpc) is 3.13. The summed E-state index contributed by atoms with van der Waals surface area (Å²) in [6.45, 7) is 2.09. The van der Waals surface area contributed by atoms with Crippen molar-refractivity contribution in [3.05, 3.63) is 53.9 Å². The minimum Gasteiger partial charge on any atom is -0.482 e. The molecule has 2 aromatic rings. The maximum absolute atomic E-state index is 12.1. The first-order chi connectivity index (χ1) is 11.6. The molecule has 0 saturated carbocycles. The van der Waals surface area contributed by atoms with E-state index in [4.69, 9.17) is 4.74 Å². The summed E-state index contributed by atoms with van der Waals surface area (Å²) < 4.78 is 6.31. The molecule has 2 aliphatic rings. The molecule has 5 nitrogen and oxygen atoms in total. The fourth-order valence-corrected chi connectivity index (χ4v) is 3.28. The van der Waals surface area contributed by atoms with E-state index in [1.54, 1.807) is 18.3 Å². The van der Waals surface area contributed by atoms with E-state index < -0.39 is 0 Å². The number of nitrogens with zero attached hydrogens (tertiary/aromatic N) is 1. The normalized spacial score (nSPS) is 18.9. The molecule has 2 N–H and O–H groups in total. The van der Waals surface area contributed by atoms with E-state index in [1.807, 2.05) is 18.2 Å². The molecule has 1 amide bonds. The quantitative estimate of drug-likeness (QED) is 0.893. The van der Waals surface area contributed by atoms with E-state index in [2.05, 4.69) is 34.4 Å². The van der Waals surface area contributed by atoms with E-state index in [1.165, 1.54) is 0 Å². The van der Waals surface area contributed by atoms with Crippen LogP contribution in [0.15, 0.2) is 42.6 Å². The number of carbonyl (C=O) groups excluding carboxylic acids is 1. The Balaban J connectivity index is 1.51. The van der Waals surface area contributed by atoms with Gasteiger partial charge in [0.2, 0.25) is 0 Å². The molecule has 3 heterocycles. The number of H-pyrrole nitrogens is 1. The van der Waals surface area contributed by atoms with Gasteiger partial charge in [0.1, 0.15) is 17.0 Å². The molecule has 1 aromatic heterocycles. The lowest BCUT2D eigenvalue weighted by atomic mass is 9.88. The maximum Gasteiger partial charge on any atom is 0.272 e. The molecule has 4 rings (SSSR count). The molecule has 0 atom stereocenters. The SMILES string of the molecule is CN1CCC2(C=Cc3cc(NC(=O)c4ccc[nH]4)ccc3O2)CC1. The lowest BCUT2D eigenvalue weighted by Crippen LogP contribution is -2.46. The highest BCUT2D eigenvalue weighted by Crippen LogP contribution is 2.37. The predicted octanol–water partition coefficient (Wildman–Crippen LogP) is 3.14. The average molecular weight is 323 g/mol. The first-order valence-corrected chi connectivity index (χ1v) is 8.29. The summed E-state index contributed by atoms with van der Waals surface area (Å²) in [5.41, 5.74) is 2.14. The van der Waals surface area contributed by atoms with Crippen LogP contribution in [-0.4, -0.2) is 41.5 Å². The van der Waals surface area contributed by atoms with Gasteiger partial charge in [-0.1, -0.05) is 6.08 Å². The minimum atomic E-state index is -0.172. The number of aromatic nitrogens is 1. The monoisotopic (exact) mass is 323 g/mol. The molecule has 2 aliphatic heterocycles. The largest absolute Gasteiger partial charge is 0.482 e. The Kier molecular flexibility index (Phi) is 3.65. The van der Waals surface area contributed by atoms with Gasteiger partial charge in [0.15, 0.2) is 0 Å². The third-order valence-corrected chi connectivity index (χ3v) is 4.82. The van der Waals surface area contributed by atoms with Crippen molar-refractivity contribution in [3.8, 4) is 5.75 Å². The van der Waals surface area contributed by atoms with Crippen LogP contribution in [0.4, 0.5) is 5.69 Å². The van der Waals surface area contributed by atoms with Gasteiger partial charge >= 0.3 is 0 Å². The number of fused-ring (bicyclic) bond motifs is 1. The topological polar surface area (TPSA) is 57.4 Å². The molecule has 0 bridgehead atoms. The van der Waals surface area contributed by atoms with Crippen LogP contribution < -0.4 is 10.1 Å². The Labute approximate surface area is 141 Å². The van der Waals surface area contributed by atoms with E-state index in [-0.39, 0.29) is 11.5 Å². The third-order valence-electron chi connectivity index (χ3n) is 4.82. The van der Waals surface area contributed by atoms with Crippen molar-refractivity contribution in [2.75, 3.05) is 25.5 Å². The smallest absolute Gasteiger partial charge is 0.272 e. The van der Waals surface area contributed by atoms with Crippen molar-refractivity contribution in [2.24, 2.45) is 0 Å². The number of ether oxygens (including phenoxy) is 1. The highest BCUT2D eigenvalue weighted by molar-refractivity contribution is 6.03. The third kappa shape index (κ3) is 2.83. The second-order valence-corrected chi connectivity index (χ2v) is 6.59. The zero-order valence-electron chi connectivity index (χ0n) is 13.7. The molecular weight excluding hydrogens is 302 g/mol. The number of likely N-dealkylation sites (tertiary alicyclic amines) is 1. The van der Waals surface area contributed by atoms with Crippen LogP contribution >= 0.6 is 0 Å². The number of nitrogens with one attached hydrogen (secondary N) is 2. The standard InChI is InChI=1S/C19H21N3O2/c1-22-11-8-19(9-12-22)7-6-14-13-15(4-5-17(14)24-19)21-18(23)16-3-2-10-20-16/h2-7,10,13,20H,8-9,11-12H2,1H3,(H,21,23). The van der Waals surface area contributed by atoms with Gasteiger partial charge < -0.3 is 19.9 Å². The lowest BCUT2D eigenvalue weighted by molar-refractivity contribution is 0.0473. The second kappa shape index (κ2) is 5.83. The van der Waals surface area contributed by atoms with Crippen molar-refractivity contribution in [2.45, 2.75) is 18.4 Å².